The number of nitrogens with two attached hydrogens (primary N) is 1. The lowest BCUT2D eigenvalue weighted by atomic mass is 10.2. The van der Waals surface area contributed by atoms with Gasteiger partial charge in [-0.15, -0.1) is 0 Å². The summed E-state index contributed by atoms with van der Waals surface area (Å²) in [5, 5.41) is 3.43. The first-order valence-corrected chi connectivity index (χ1v) is 5.19. The van der Waals surface area contributed by atoms with E-state index in [-0.39, 0.29) is 11.5 Å². The maximum Gasteiger partial charge on any atom is 0.433 e. The van der Waals surface area contributed by atoms with E-state index in [2.05, 4.69) is 5.10 Å². The molecule has 0 bridgehead atoms. The van der Waals surface area contributed by atoms with Crippen LogP contribution in [0.4, 0.5) is 32.2 Å². The van der Waals surface area contributed by atoms with Crippen molar-refractivity contribution in [2.45, 2.75) is 12.4 Å². The van der Waals surface area contributed by atoms with Gasteiger partial charge in [-0.2, -0.15) is 31.4 Å². The Kier molecular flexibility index (Phi) is 3.15. The van der Waals surface area contributed by atoms with Crippen LogP contribution < -0.4 is 5.73 Å². The van der Waals surface area contributed by atoms with Crippen molar-refractivity contribution in [2.75, 3.05) is 5.73 Å². The summed E-state index contributed by atoms with van der Waals surface area (Å²) in [6, 6.07) is 3.74. The Labute approximate surface area is 108 Å². The van der Waals surface area contributed by atoms with Crippen LogP contribution in [0, 0.1) is 0 Å². The molecule has 108 valence electrons. The second-order valence-corrected chi connectivity index (χ2v) is 3.91. The molecule has 1 aromatic carbocycles. The molecule has 0 aliphatic rings. The third kappa shape index (κ3) is 2.70. The molecule has 20 heavy (non-hydrogen) atoms. The average molecular weight is 295 g/mol. The second kappa shape index (κ2) is 4.43. The number of anilines is 1. The number of nitrogen functional groups attached to an aromatic ring is 1. The molecule has 0 amide bonds. The van der Waals surface area contributed by atoms with Crippen LogP contribution in [0.3, 0.4) is 0 Å². The molecule has 0 saturated heterocycles. The van der Waals surface area contributed by atoms with Crippen molar-refractivity contribution in [3.63, 3.8) is 0 Å². The van der Waals surface area contributed by atoms with Gasteiger partial charge in [-0.25, -0.2) is 4.68 Å². The summed E-state index contributed by atoms with van der Waals surface area (Å²) in [6.07, 6.45) is -9.28. The minimum absolute atomic E-state index is 0.165. The zero-order chi connectivity index (χ0) is 15.1. The minimum Gasteiger partial charge on any atom is -0.382 e. The summed E-state index contributed by atoms with van der Waals surface area (Å²) in [5.74, 6) is -0.378. The van der Waals surface area contributed by atoms with E-state index in [1.54, 1.807) is 0 Å². The Hall–Kier alpha value is -2.19. The van der Waals surface area contributed by atoms with Crippen LogP contribution in [-0.2, 0) is 12.4 Å². The zero-order valence-corrected chi connectivity index (χ0v) is 9.63. The van der Waals surface area contributed by atoms with Gasteiger partial charge in [-0.3, -0.25) is 0 Å². The SMILES string of the molecule is Nc1cc(C(F)(F)F)n(-c2ccc(C(F)(F)F)cc2)n1. The zero-order valence-electron chi connectivity index (χ0n) is 9.63. The first kappa shape index (κ1) is 14.2. The average Bonchev–Trinajstić information content (AvgIpc) is 2.70. The molecule has 1 heterocycles. The molecule has 9 heteroatoms. The van der Waals surface area contributed by atoms with Gasteiger partial charge in [0, 0.05) is 6.07 Å². The molecule has 0 saturated carbocycles. The van der Waals surface area contributed by atoms with Crippen LogP contribution in [0.5, 0.6) is 0 Å². The van der Waals surface area contributed by atoms with Crippen molar-refractivity contribution >= 4 is 5.82 Å². The predicted molar refractivity (Wildman–Crippen MR) is 58.0 cm³/mol. The molecule has 2 aromatic rings. The van der Waals surface area contributed by atoms with Gasteiger partial charge in [-0.1, -0.05) is 0 Å². The van der Waals surface area contributed by atoms with Crippen molar-refractivity contribution in [3.05, 3.63) is 41.6 Å². The van der Waals surface area contributed by atoms with E-state index in [0.29, 0.717) is 22.9 Å². The van der Waals surface area contributed by atoms with Crippen LogP contribution in [0.15, 0.2) is 30.3 Å². The lowest BCUT2D eigenvalue weighted by Crippen LogP contribution is -2.13. The van der Waals surface area contributed by atoms with E-state index < -0.39 is 23.6 Å². The fourth-order valence-electron chi connectivity index (χ4n) is 1.59. The Morgan fingerprint density at radius 2 is 1.45 bits per heavy atom. The number of halogens is 6. The molecule has 1 aromatic heterocycles. The summed E-state index contributed by atoms with van der Waals surface area (Å²) in [5.41, 5.74) is 2.92. The predicted octanol–water partition coefficient (Wildman–Crippen LogP) is 3.49. The standard InChI is InChI=1S/C11H7F6N3/c12-10(13,14)6-1-3-7(4-2-6)20-8(11(15,16)17)5-9(18)19-20/h1-5H,(H2,18,19). The van der Waals surface area contributed by atoms with Crippen LogP contribution in [0.1, 0.15) is 11.3 Å². The van der Waals surface area contributed by atoms with Gasteiger partial charge in [0.25, 0.3) is 0 Å². The smallest absolute Gasteiger partial charge is 0.382 e. The van der Waals surface area contributed by atoms with E-state index >= 15 is 0 Å². The minimum atomic E-state index is -4.71. The number of alkyl halides is 6. The van der Waals surface area contributed by atoms with Gasteiger partial charge in [0.05, 0.1) is 11.3 Å². The molecule has 2 rings (SSSR count). The van der Waals surface area contributed by atoms with Crippen molar-refractivity contribution in [1.82, 2.24) is 9.78 Å². The summed E-state index contributed by atoms with van der Waals surface area (Å²) < 4.78 is 75.7. The lowest BCUT2D eigenvalue weighted by molar-refractivity contribution is -0.143. The van der Waals surface area contributed by atoms with Crippen molar-refractivity contribution in [1.29, 1.82) is 0 Å². The monoisotopic (exact) mass is 295 g/mol. The fraction of sp³-hybridized carbons (Fsp3) is 0.182. The highest BCUT2D eigenvalue weighted by Gasteiger charge is 2.36. The molecular formula is C11H7F6N3. The van der Waals surface area contributed by atoms with E-state index in [1.165, 1.54) is 0 Å². The van der Waals surface area contributed by atoms with Gasteiger partial charge >= 0.3 is 12.4 Å². The van der Waals surface area contributed by atoms with Crippen LogP contribution in [0.2, 0.25) is 0 Å². The number of benzene rings is 1. The van der Waals surface area contributed by atoms with Crippen molar-refractivity contribution in [2.24, 2.45) is 0 Å². The molecule has 0 aliphatic carbocycles. The molecule has 0 atom stereocenters. The van der Waals surface area contributed by atoms with Crippen molar-refractivity contribution < 1.29 is 26.3 Å². The van der Waals surface area contributed by atoms with Crippen LogP contribution >= 0.6 is 0 Å². The van der Waals surface area contributed by atoms with Crippen molar-refractivity contribution in [3.8, 4) is 5.69 Å². The molecule has 0 aliphatic heterocycles. The van der Waals surface area contributed by atoms with Gasteiger partial charge < -0.3 is 5.73 Å². The topological polar surface area (TPSA) is 43.8 Å². The highest BCUT2D eigenvalue weighted by Crippen LogP contribution is 2.33. The maximum absolute atomic E-state index is 12.7. The number of hydrogen-bond donors (Lipinski definition) is 1. The first-order valence-electron chi connectivity index (χ1n) is 5.19. The number of nitrogens with zero attached hydrogens (tertiary/aromatic N) is 2. The van der Waals surface area contributed by atoms with Gasteiger partial charge in [0.1, 0.15) is 11.5 Å². The molecule has 0 fully saturated rings. The highest BCUT2D eigenvalue weighted by atomic mass is 19.4. The molecule has 2 N–H and O–H groups in total. The summed E-state index contributed by atoms with van der Waals surface area (Å²) in [6.45, 7) is 0. The van der Waals surface area contributed by atoms with E-state index in [4.69, 9.17) is 5.73 Å². The lowest BCUT2D eigenvalue weighted by Gasteiger charge is -2.11. The quantitative estimate of drug-likeness (QED) is 0.818. The third-order valence-electron chi connectivity index (χ3n) is 2.46. The molecular weight excluding hydrogens is 288 g/mol. The van der Waals surface area contributed by atoms with Gasteiger partial charge in [0.2, 0.25) is 0 Å². The Morgan fingerprint density at radius 3 is 1.90 bits per heavy atom. The molecule has 3 nitrogen and oxygen atoms in total. The van der Waals surface area contributed by atoms with E-state index in [1.807, 2.05) is 0 Å². The normalized spacial score (nSPS) is 12.7. The number of aromatic nitrogens is 2. The molecule has 0 radical (unpaired) electrons. The Morgan fingerprint density at radius 1 is 0.900 bits per heavy atom. The number of hydrogen-bond acceptors (Lipinski definition) is 2. The first-order chi connectivity index (χ1) is 9.09. The number of rotatable bonds is 1. The Bertz CT molecular complexity index is 609. The molecule has 0 unspecified atom stereocenters. The largest absolute Gasteiger partial charge is 0.433 e. The van der Waals surface area contributed by atoms with Crippen LogP contribution in [-0.4, -0.2) is 9.78 Å². The van der Waals surface area contributed by atoms with Gasteiger partial charge in [0.15, 0.2) is 0 Å². The van der Waals surface area contributed by atoms with E-state index in [9.17, 15) is 26.3 Å². The summed E-state index contributed by atoms with van der Waals surface area (Å²) >= 11 is 0. The van der Waals surface area contributed by atoms with Crippen LogP contribution in [0.25, 0.3) is 5.69 Å². The third-order valence-corrected chi connectivity index (χ3v) is 2.46. The highest BCUT2D eigenvalue weighted by molar-refractivity contribution is 5.41. The summed E-state index contributed by atoms with van der Waals surface area (Å²) in [4.78, 5) is 0. The Balaban J connectivity index is 2.48. The second-order valence-electron chi connectivity index (χ2n) is 3.91. The fourth-order valence-corrected chi connectivity index (χ4v) is 1.59. The molecule has 0 spiro atoms. The van der Waals surface area contributed by atoms with E-state index in [0.717, 1.165) is 12.1 Å². The maximum atomic E-state index is 12.7. The van der Waals surface area contributed by atoms with Gasteiger partial charge in [-0.05, 0) is 24.3 Å². The summed E-state index contributed by atoms with van der Waals surface area (Å²) in [7, 11) is 0.